The quantitative estimate of drug-likeness (QED) is 0.185. The standard InChI is InChI=1S/C34H32N2O7/c1-41-32(38)27-17-19-28(20-18-27)43-33(39)30(22-25-13-7-3-8-14-25)35-31(37)29(21-24-11-5-2-6-12-24)36-34(40)42-23-26-15-9-4-10-16-26/h2-20,29-30H,21-23H2,1H3,(H,35,37)(H,36,40)/t29-,30-/m0/s1. The lowest BCUT2D eigenvalue weighted by Gasteiger charge is -2.23. The molecule has 0 radical (unpaired) electrons. The van der Waals surface area contributed by atoms with Crippen molar-refractivity contribution in [3.8, 4) is 5.75 Å². The highest BCUT2D eigenvalue weighted by Gasteiger charge is 2.29. The second kappa shape index (κ2) is 15.5. The van der Waals surface area contributed by atoms with Crippen molar-refractivity contribution in [2.24, 2.45) is 0 Å². The molecule has 9 nitrogen and oxygen atoms in total. The Kier molecular flexibility index (Phi) is 11.0. The van der Waals surface area contributed by atoms with Crippen molar-refractivity contribution < 1.29 is 33.4 Å². The number of ether oxygens (including phenoxy) is 3. The van der Waals surface area contributed by atoms with E-state index in [-0.39, 0.29) is 25.2 Å². The predicted molar refractivity (Wildman–Crippen MR) is 159 cm³/mol. The Balaban J connectivity index is 1.50. The van der Waals surface area contributed by atoms with E-state index >= 15 is 0 Å². The molecule has 0 saturated carbocycles. The Morgan fingerprint density at radius 2 is 1.14 bits per heavy atom. The van der Waals surface area contributed by atoms with Gasteiger partial charge in [-0.15, -0.1) is 0 Å². The predicted octanol–water partition coefficient (Wildman–Crippen LogP) is 4.64. The lowest BCUT2D eigenvalue weighted by molar-refractivity contribution is -0.139. The summed E-state index contributed by atoms with van der Waals surface area (Å²) in [5.74, 6) is -1.63. The Bertz CT molecular complexity index is 1490. The van der Waals surface area contributed by atoms with Crippen molar-refractivity contribution in [2.75, 3.05) is 7.11 Å². The van der Waals surface area contributed by atoms with Gasteiger partial charge in [0, 0.05) is 12.8 Å². The summed E-state index contributed by atoms with van der Waals surface area (Å²) in [5.41, 5.74) is 2.69. The molecule has 0 saturated heterocycles. The lowest BCUT2D eigenvalue weighted by atomic mass is 10.0. The molecule has 220 valence electrons. The molecule has 4 aromatic rings. The number of benzene rings is 4. The molecule has 4 aromatic carbocycles. The molecule has 0 spiro atoms. The van der Waals surface area contributed by atoms with Crippen LogP contribution in [0.15, 0.2) is 115 Å². The molecule has 0 aliphatic rings. The molecule has 4 rings (SSSR count). The van der Waals surface area contributed by atoms with E-state index in [1.165, 1.54) is 31.4 Å². The molecule has 2 atom stereocenters. The number of methoxy groups -OCH3 is 1. The maximum absolute atomic E-state index is 13.6. The van der Waals surface area contributed by atoms with Crippen molar-refractivity contribution in [3.63, 3.8) is 0 Å². The highest BCUT2D eigenvalue weighted by molar-refractivity contribution is 5.91. The van der Waals surface area contributed by atoms with Gasteiger partial charge in [0.15, 0.2) is 0 Å². The summed E-state index contributed by atoms with van der Waals surface area (Å²) in [5, 5.41) is 5.41. The fourth-order valence-electron chi connectivity index (χ4n) is 4.25. The zero-order valence-electron chi connectivity index (χ0n) is 23.6. The molecule has 2 amide bonds. The van der Waals surface area contributed by atoms with Crippen LogP contribution in [0.1, 0.15) is 27.0 Å². The van der Waals surface area contributed by atoms with Crippen molar-refractivity contribution in [2.45, 2.75) is 31.5 Å². The molecule has 0 aliphatic heterocycles. The van der Waals surface area contributed by atoms with Crippen LogP contribution in [-0.4, -0.2) is 43.1 Å². The fourth-order valence-corrected chi connectivity index (χ4v) is 4.25. The van der Waals surface area contributed by atoms with E-state index in [2.05, 4.69) is 10.6 Å². The highest BCUT2D eigenvalue weighted by Crippen LogP contribution is 2.15. The van der Waals surface area contributed by atoms with Crippen LogP contribution in [0.5, 0.6) is 5.75 Å². The minimum absolute atomic E-state index is 0.0318. The van der Waals surface area contributed by atoms with Gasteiger partial charge in [0.25, 0.3) is 0 Å². The first-order valence-electron chi connectivity index (χ1n) is 13.7. The summed E-state index contributed by atoms with van der Waals surface area (Å²) in [7, 11) is 1.27. The first kappa shape index (κ1) is 30.5. The van der Waals surface area contributed by atoms with E-state index in [4.69, 9.17) is 14.2 Å². The first-order chi connectivity index (χ1) is 20.9. The average molecular weight is 581 g/mol. The molecular weight excluding hydrogens is 548 g/mol. The smallest absolute Gasteiger partial charge is 0.408 e. The summed E-state index contributed by atoms with van der Waals surface area (Å²) in [6.07, 6.45) is -0.468. The number of carbonyl (C=O) groups excluding carboxylic acids is 4. The van der Waals surface area contributed by atoms with Gasteiger partial charge in [0.05, 0.1) is 12.7 Å². The number of amides is 2. The summed E-state index contributed by atoms with van der Waals surface area (Å²) >= 11 is 0. The molecule has 0 heterocycles. The monoisotopic (exact) mass is 580 g/mol. The summed E-state index contributed by atoms with van der Waals surface area (Å²) in [6.45, 7) is 0.0318. The van der Waals surface area contributed by atoms with Crippen molar-refractivity contribution in [1.82, 2.24) is 10.6 Å². The van der Waals surface area contributed by atoms with E-state index in [1.807, 2.05) is 91.0 Å². The van der Waals surface area contributed by atoms with E-state index in [0.29, 0.717) is 5.56 Å². The zero-order valence-corrected chi connectivity index (χ0v) is 23.6. The third-order valence-corrected chi connectivity index (χ3v) is 6.48. The number of alkyl carbamates (subject to hydrolysis) is 1. The largest absolute Gasteiger partial charge is 0.465 e. The van der Waals surface area contributed by atoms with Gasteiger partial charge in [-0.3, -0.25) is 4.79 Å². The van der Waals surface area contributed by atoms with Crippen LogP contribution >= 0.6 is 0 Å². The Morgan fingerprint density at radius 1 is 0.628 bits per heavy atom. The van der Waals surface area contributed by atoms with Gasteiger partial charge >= 0.3 is 18.0 Å². The Hall–Kier alpha value is -5.44. The van der Waals surface area contributed by atoms with Crippen LogP contribution in [0.25, 0.3) is 0 Å². The molecule has 9 heteroatoms. The van der Waals surface area contributed by atoms with E-state index < -0.39 is 36.0 Å². The van der Waals surface area contributed by atoms with Crippen LogP contribution in [0.4, 0.5) is 4.79 Å². The molecule has 0 bridgehead atoms. The van der Waals surface area contributed by atoms with E-state index in [9.17, 15) is 19.2 Å². The van der Waals surface area contributed by atoms with Crippen LogP contribution in [-0.2, 0) is 38.5 Å². The van der Waals surface area contributed by atoms with Crippen LogP contribution in [0, 0.1) is 0 Å². The van der Waals surface area contributed by atoms with Gasteiger partial charge in [-0.25, -0.2) is 14.4 Å². The Labute approximate surface area is 249 Å². The summed E-state index contributed by atoms with van der Waals surface area (Å²) < 4.78 is 15.6. The molecule has 0 fully saturated rings. The second-order valence-corrected chi connectivity index (χ2v) is 9.64. The maximum Gasteiger partial charge on any atom is 0.408 e. The van der Waals surface area contributed by atoms with Gasteiger partial charge in [-0.1, -0.05) is 91.0 Å². The van der Waals surface area contributed by atoms with Crippen molar-refractivity contribution in [3.05, 3.63) is 138 Å². The number of carbonyl (C=O) groups is 4. The molecule has 43 heavy (non-hydrogen) atoms. The number of hydrogen-bond acceptors (Lipinski definition) is 7. The summed E-state index contributed by atoms with van der Waals surface area (Å²) in [4.78, 5) is 51.5. The van der Waals surface area contributed by atoms with Crippen LogP contribution in [0.3, 0.4) is 0 Å². The molecule has 2 N–H and O–H groups in total. The van der Waals surface area contributed by atoms with Gasteiger partial charge in [-0.2, -0.15) is 0 Å². The molecule has 0 aliphatic carbocycles. The minimum Gasteiger partial charge on any atom is -0.465 e. The van der Waals surface area contributed by atoms with Crippen molar-refractivity contribution >= 4 is 23.9 Å². The van der Waals surface area contributed by atoms with Crippen LogP contribution < -0.4 is 15.4 Å². The summed E-state index contributed by atoms with van der Waals surface area (Å²) in [6, 6.07) is 31.3. The lowest BCUT2D eigenvalue weighted by Crippen LogP contribution is -2.53. The van der Waals surface area contributed by atoms with E-state index in [0.717, 1.165) is 16.7 Å². The molecular formula is C34H32N2O7. The van der Waals surface area contributed by atoms with Gasteiger partial charge < -0.3 is 24.8 Å². The van der Waals surface area contributed by atoms with Crippen molar-refractivity contribution in [1.29, 1.82) is 0 Å². The van der Waals surface area contributed by atoms with Gasteiger partial charge in [0.1, 0.15) is 24.4 Å². The number of esters is 2. The number of hydrogen-bond donors (Lipinski definition) is 2. The number of nitrogens with one attached hydrogen (secondary N) is 2. The average Bonchev–Trinajstić information content (AvgIpc) is 3.04. The third-order valence-electron chi connectivity index (χ3n) is 6.48. The highest BCUT2D eigenvalue weighted by atomic mass is 16.5. The topological polar surface area (TPSA) is 120 Å². The fraction of sp³-hybridized carbons (Fsp3) is 0.176. The Morgan fingerprint density at radius 3 is 1.67 bits per heavy atom. The van der Waals surface area contributed by atoms with Crippen LogP contribution in [0.2, 0.25) is 0 Å². The minimum atomic E-state index is -1.09. The zero-order chi connectivity index (χ0) is 30.4. The van der Waals surface area contributed by atoms with Gasteiger partial charge in [-0.05, 0) is 41.0 Å². The van der Waals surface area contributed by atoms with E-state index in [1.54, 1.807) is 0 Å². The molecule has 0 unspecified atom stereocenters. The normalized spacial score (nSPS) is 11.8. The second-order valence-electron chi connectivity index (χ2n) is 9.64. The SMILES string of the molecule is COC(=O)c1ccc(OC(=O)[C@H](Cc2ccccc2)NC(=O)[C@H](Cc2ccccc2)NC(=O)OCc2ccccc2)cc1. The molecule has 0 aromatic heterocycles. The first-order valence-corrected chi connectivity index (χ1v) is 13.7. The maximum atomic E-state index is 13.6. The third kappa shape index (κ3) is 9.57. The number of rotatable bonds is 12. The van der Waals surface area contributed by atoms with Gasteiger partial charge in [0.2, 0.25) is 5.91 Å².